The molecule has 0 bridgehead atoms. The molecule has 0 aliphatic heterocycles. The van der Waals surface area contributed by atoms with Gasteiger partial charge in [0, 0.05) is 17.6 Å². The molecule has 0 radical (unpaired) electrons. The number of carbonyl (C=O) groups is 1. The molecule has 4 rings (SSSR count). The highest BCUT2D eigenvalue weighted by Gasteiger charge is 2.14. The Morgan fingerprint density at radius 3 is 2.52 bits per heavy atom. The van der Waals surface area contributed by atoms with Gasteiger partial charge in [-0.2, -0.15) is 0 Å². The van der Waals surface area contributed by atoms with Crippen molar-refractivity contribution in [3.8, 4) is 0 Å². The molecule has 1 fully saturated rings. The third kappa shape index (κ3) is 4.22. The van der Waals surface area contributed by atoms with Gasteiger partial charge in [0.1, 0.15) is 11.5 Å². The van der Waals surface area contributed by atoms with E-state index in [0.29, 0.717) is 11.7 Å². The van der Waals surface area contributed by atoms with Crippen LogP contribution in [0.25, 0.3) is 10.9 Å². The van der Waals surface area contributed by atoms with Crippen LogP contribution in [0.15, 0.2) is 48.9 Å². The Morgan fingerprint density at radius 2 is 1.74 bits per heavy atom. The van der Waals surface area contributed by atoms with Gasteiger partial charge in [-0.15, -0.1) is 0 Å². The lowest BCUT2D eigenvalue weighted by molar-refractivity contribution is 0.102. The van der Waals surface area contributed by atoms with E-state index in [4.69, 9.17) is 0 Å². The molecule has 0 spiro atoms. The third-order valence-electron chi connectivity index (χ3n) is 4.97. The SMILES string of the molecule is O=C(Nc1cccc2cccnc12)c1cnc(NC2CCCCCC2)cn1. The number of nitrogens with zero attached hydrogens (tertiary/aromatic N) is 3. The zero-order valence-electron chi connectivity index (χ0n) is 15.2. The predicted molar refractivity (Wildman–Crippen MR) is 107 cm³/mol. The van der Waals surface area contributed by atoms with Crippen LogP contribution in [0.4, 0.5) is 11.5 Å². The Morgan fingerprint density at radius 1 is 0.926 bits per heavy atom. The van der Waals surface area contributed by atoms with Crippen molar-refractivity contribution < 1.29 is 4.79 Å². The number of para-hydroxylation sites is 1. The fourth-order valence-corrected chi connectivity index (χ4v) is 3.54. The summed E-state index contributed by atoms with van der Waals surface area (Å²) in [5.74, 6) is 0.437. The van der Waals surface area contributed by atoms with Gasteiger partial charge < -0.3 is 10.6 Å². The monoisotopic (exact) mass is 361 g/mol. The van der Waals surface area contributed by atoms with Crippen LogP contribution in [-0.2, 0) is 0 Å². The molecular formula is C21H23N5O. The van der Waals surface area contributed by atoms with Gasteiger partial charge in [0.25, 0.3) is 5.91 Å². The maximum Gasteiger partial charge on any atom is 0.275 e. The average molecular weight is 361 g/mol. The Bertz CT molecular complexity index is 912. The quantitative estimate of drug-likeness (QED) is 0.673. The van der Waals surface area contributed by atoms with Crippen molar-refractivity contribution >= 4 is 28.3 Å². The number of nitrogens with one attached hydrogen (secondary N) is 2. The average Bonchev–Trinajstić information content (AvgIpc) is 2.97. The predicted octanol–water partition coefficient (Wildman–Crippen LogP) is 4.41. The Labute approximate surface area is 158 Å². The molecule has 6 heteroatoms. The minimum atomic E-state index is -0.290. The number of aromatic nitrogens is 3. The molecule has 2 N–H and O–H groups in total. The lowest BCUT2D eigenvalue weighted by Gasteiger charge is -2.16. The third-order valence-corrected chi connectivity index (χ3v) is 4.97. The summed E-state index contributed by atoms with van der Waals surface area (Å²) in [6.07, 6.45) is 12.3. The van der Waals surface area contributed by atoms with Crippen molar-refractivity contribution in [3.63, 3.8) is 0 Å². The summed E-state index contributed by atoms with van der Waals surface area (Å²) in [5, 5.41) is 7.31. The van der Waals surface area contributed by atoms with Crippen molar-refractivity contribution in [1.82, 2.24) is 15.0 Å². The first-order chi connectivity index (χ1) is 13.3. The molecule has 2 aromatic heterocycles. The first-order valence-corrected chi connectivity index (χ1v) is 9.53. The van der Waals surface area contributed by atoms with Gasteiger partial charge in [-0.05, 0) is 25.0 Å². The summed E-state index contributed by atoms with van der Waals surface area (Å²) in [5.41, 5.74) is 1.71. The Hall–Kier alpha value is -3.02. The van der Waals surface area contributed by atoms with E-state index >= 15 is 0 Å². The maximum absolute atomic E-state index is 12.5. The van der Waals surface area contributed by atoms with Crippen molar-refractivity contribution in [2.75, 3.05) is 10.6 Å². The maximum atomic E-state index is 12.5. The highest BCUT2D eigenvalue weighted by molar-refractivity contribution is 6.07. The minimum absolute atomic E-state index is 0.286. The largest absolute Gasteiger partial charge is 0.366 e. The Kier molecular flexibility index (Phi) is 5.23. The van der Waals surface area contributed by atoms with E-state index in [1.54, 1.807) is 12.4 Å². The number of pyridine rings is 1. The number of hydrogen-bond donors (Lipinski definition) is 2. The van der Waals surface area contributed by atoms with Crippen molar-refractivity contribution in [3.05, 3.63) is 54.6 Å². The molecule has 1 amide bonds. The molecule has 27 heavy (non-hydrogen) atoms. The van der Waals surface area contributed by atoms with Crippen LogP contribution in [0.1, 0.15) is 49.0 Å². The van der Waals surface area contributed by atoms with E-state index in [2.05, 4.69) is 25.6 Å². The number of amides is 1. The highest BCUT2D eigenvalue weighted by Crippen LogP contribution is 2.22. The smallest absolute Gasteiger partial charge is 0.275 e. The Balaban J connectivity index is 1.44. The zero-order chi connectivity index (χ0) is 18.5. The van der Waals surface area contributed by atoms with Crippen molar-refractivity contribution in [1.29, 1.82) is 0 Å². The van der Waals surface area contributed by atoms with Crippen LogP contribution in [0.2, 0.25) is 0 Å². The fourth-order valence-electron chi connectivity index (χ4n) is 3.54. The van der Waals surface area contributed by atoms with E-state index in [9.17, 15) is 4.79 Å². The first kappa shape index (κ1) is 17.4. The number of fused-ring (bicyclic) bond motifs is 1. The summed E-state index contributed by atoms with van der Waals surface area (Å²) in [6, 6.07) is 9.98. The molecule has 2 heterocycles. The summed E-state index contributed by atoms with van der Waals surface area (Å²) < 4.78 is 0. The molecular weight excluding hydrogens is 338 g/mol. The van der Waals surface area contributed by atoms with Crippen LogP contribution < -0.4 is 10.6 Å². The van der Waals surface area contributed by atoms with Crippen LogP contribution in [-0.4, -0.2) is 26.9 Å². The number of carbonyl (C=O) groups excluding carboxylic acids is 1. The van der Waals surface area contributed by atoms with E-state index < -0.39 is 0 Å². The van der Waals surface area contributed by atoms with Gasteiger partial charge in [0.2, 0.25) is 0 Å². The first-order valence-electron chi connectivity index (χ1n) is 9.53. The molecule has 0 unspecified atom stereocenters. The van der Waals surface area contributed by atoms with E-state index in [0.717, 1.165) is 29.6 Å². The molecule has 6 nitrogen and oxygen atoms in total. The van der Waals surface area contributed by atoms with Crippen LogP contribution in [0.3, 0.4) is 0 Å². The number of hydrogen-bond acceptors (Lipinski definition) is 5. The molecule has 138 valence electrons. The number of benzene rings is 1. The van der Waals surface area contributed by atoms with Crippen molar-refractivity contribution in [2.24, 2.45) is 0 Å². The molecule has 0 atom stereocenters. The normalized spacial score (nSPS) is 15.3. The van der Waals surface area contributed by atoms with E-state index in [1.807, 2.05) is 30.3 Å². The molecule has 1 aromatic carbocycles. The number of rotatable bonds is 4. The summed E-state index contributed by atoms with van der Waals surface area (Å²) in [7, 11) is 0. The van der Waals surface area contributed by atoms with Crippen molar-refractivity contribution in [2.45, 2.75) is 44.6 Å². The summed E-state index contributed by atoms with van der Waals surface area (Å²) in [4.78, 5) is 25.6. The molecule has 1 aliphatic rings. The standard InChI is InChI=1S/C21H23N5O/c27-21(26-17-11-5-7-15-8-6-12-22-20(15)17)18-13-24-19(14-23-18)25-16-9-3-1-2-4-10-16/h5-8,11-14,16H,1-4,9-10H2,(H,24,25)(H,26,27). The van der Waals surface area contributed by atoms with Gasteiger partial charge in [-0.25, -0.2) is 9.97 Å². The highest BCUT2D eigenvalue weighted by atomic mass is 16.1. The minimum Gasteiger partial charge on any atom is -0.366 e. The lowest BCUT2D eigenvalue weighted by atomic mass is 10.1. The van der Waals surface area contributed by atoms with Gasteiger partial charge in [-0.1, -0.05) is 43.9 Å². The second-order valence-electron chi connectivity index (χ2n) is 6.95. The number of anilines is 2. The van der Waals surface area contributed by atoms with Gasteiger partial charge in [0.05, 0.1) is 23.6 Å². The second kappa shape index (κ2) is 8.12. The van der Waals surface area contributed by atoms with Crippen LogP contribution in [0, 0.1) is 0 Å². The topological polar surface area (TPSA) is 79.8 Å². The second-order valence-corrected chi connectivity index (χ2v) is 6.95. The summed E-state index contributed by atoms with van der Waals surface area (Å²) >= 11 is 0. The summed E-state index contributed by atoms with van der Waals surface area (Å²) in [6.45, 7) is 0. The molecule has 0 saturated heterocycles. The van der Waals surface area contributed by atoms with Gasteiger partial charge in [0.15, 0.2) is 0 Å². The van der Waals surface area contributed by atoms with Gasteiger partial charge >= 0.3 is 0 Å². The molecule has 1 aliphatic carbocycles. The van der Waals surface area contributed by atoms with E-state index in [1.165, 1.54) is 31.9 Å². The molecule has 3 aromatic rings. The molecule has 1 saturated carbocycles. The fraction of sp³-hybridized carbons (Fsp3) is 0.333. The van der Waals surface area contributed by atoms with Gasteiger partial charge in [-0.3, -0.25) is 9.78 Å². The lowest BCUT2D eigenvalue weighted by Crippen LogP contribution is -2.20. The van der Waals surface area contributed by atoms with E-state index in [-0.39, 0.29) is 11.6 Å². The zero-order valence-corrected chi connectivity index (χ0v) is 15.2. The van der Waals surface area contributed by atoms with Crippen LogP contribution >= 0.6 is 0 Å². The van der Waals surface area contributed by atoms with Crippen LogP contribution in [0.5, 0.6) is 0 Å².